The van der Waals surface area contributed by atoms with E-state index in [0.29, 0.717) is 16.9 Å². The molecule has 6 unspecified atom stereocenters. The number of rotatable bonds is 3. The minimum Gasteiger partial charge on any atom is -0.508 e. The van der Waals surface area contributed by atoms with Crippen molar-refractivity contribution < 1.29 is 38.6 Å². The van der Waals surface area contributed by atoms with Crippen LogP contribution in [-0.4, -0.2) is 46.1 Å². The Balaban J connectivity index is 1.55. The van der Waals surface area contributed by atoms with E-state index in [1.807, 2.05) is 0 Å². The fourth-order valence-corrected chi connectivity index (χ4v) is 7.28. The van der Waals surface area contributed by atoms with Crippen LogP contribution in [0.1, 0.15) is 31.2 Å². The Morgan fingerprint density at radius 2 is 1.79 bits per heavy atom. The summed E-state index contributed by atoms with van der Waals surface area (Å²) < 4.78 is 19.1. The first-order valence-electron chi connectivity index (χ1n) is 12.5. The summed E-state index contributed by atoms with van der Waals surface area (Å²) in [6, 6.07) is 8.22. The van der Waals surface area contributed by atoms with E-state index < -0.39 is 64.5 Å². The van der Waals surface area contributed by atoms with Crippen LogP contribution >= 0.6 is 11.6 Å². The molecule has 9 nitrogen and oxygen atoms in total. The molecule has 2 aromatic rings. The molecule has 2 heterocycles. The van der Waals surface area contributed by atoms with E-state index >= 15 is 0 Å². The van der Waals surface area contributed by atoms with Gasteiger partial charge in [-0.15, -0.1) is 0 Å². The number of methoxy groups -OCH3 is 1. The number of allylic oxidation sites excluding steroid dienone is 2. The Morgan fingerprint density at radius 3 is 2.46 bits per heavy atom. The molecule has 0 bridgehead atoms. The predicted octanol–water partition coefficient (Wildman–Crippen LogP) is 3.81. The minimum atomic E-state index is -1.40. The zero-order valence-corrected chi connectivity index (χ0v) is 21.7. The van der Waals surface area contributed by atoms with Gasteiger partial charge in [0.15, 0.2) is 0 Å². The second kappa shape index (κ2) is 8.62. The van der Waals surface area contributed by atoms with Gasteiger partial charge in [0.25, 0.3) is 11.8 Å². The van der Waals surface area contributed by atoms with E-state index in [0.717, 1.165) is 11.0 Å². The highest BCUT2D eigenvalue weighted by molar-refractivity contribution is 6.31. The van der Waals surface area contributed by atoms with Crippen molar-refractivity contribution in [1.29, 1.82) is 0 Å². The largest absolute Gasteiger partial charge is 0.508 e. The third kappa shape index (κ3) is 3.34. The van der Waals surface area contributed by atoms with Crippen molar-refractivity contribution in [3.63, 3.8) is 0 Å². The molecule has 6 atom stereocenters. The molecule has 202 valence electrons. The van der Waals surface area contributed by atoms with Crippen LogP contribution in [-0.2, 0) is 19.2 Å². The molecule has 0 spiro atoms. The number of aromatic hydroxyl groups is 1. The fourth-order valence-electron chi connectivity index (χ4n) is 7.11. The molecule has 2 saturated heterocycles. The van der Waals surface area contributed by atoms with Gasteiger partial charge in [0.2, 0.25) is 11.8 Å². The van der Waals surface area contributed by atoms with Gasteiger partial charge in [0, 0.05) is 17.5 Å². The topological polar surface area (TPSA) is 124 Å². The predicted molar refractivity (Wildman–Crippen MR) is 134 cm³/mol. The monoisotopic (exact) mass is 554 g/mol. The highest BCUT2D eigenvalue weighted by atomic mass is 35.5. The number of fused-ring (bicyclic) bond motifs is 4. The van der Waals surface area contributed by atoms with Crippen LogP contribution in [0.15, 0.2) is 48.0 Å². The number of anilines is 1. The Hall–Kier alpha value is -3.76. The van der Waals surface area contributed by atoms with Gasteiger partial charge in [-0.05, 0) is 49.9 Å². The minimum absolute atomic E-state index is 0.0692. The number of amides is 4. The number of hydrogen-bond donors (Lipinski definition) is 2. The molecule has 2 aromatic carbocycles. The number of imide groups is 2. The van der Waals surface area contributed by atoms with Gasteiger partial charge in [0.05, 0.1) is 41.0 Å². The van der Waals surface area contributed by atoms with Gasteiger partial charge >= 0.3 is 0 Å². The highest BCUT2D eigenvalue weighted by Gasteiger charge is 2.68. The molecule has 11 heteroatoms. The third-order valence-corrected chi connectivity index (χ3v) is 9.25. The van der Waals surface area contributed by atoms with Crippen LogP contribution in [0.5, 0.6) is 11.5 Å². The van der Waals surface area contributed by atoms with E-state index in [9.17, 15) is 33.9 Å². The Labute approximate surface area is 227 Å². The lowest BCUT2D eigenvalue weighted by Gasteiger charge is -2.49. The van der Waals surface area contributed by atoms with E-state index in [2.05, 4.69) is 0 Å². The first-order valence-corrected chi connectivity index (χ1v) is 12.9. The number of halogens is 2. The molecular weight excluding hydrogens is 531 g/mol. The van der Waals surface area contributed by atoms with Crippen LogP contribution in [0.3, 0.4) is 0 Å². The van der Waals surface area contributed by atoms with E-state index in [1.54, 1.807) is 25.1 Å². The zero-order chi connectivity index (χ0) is 28.0. The van der Waals surface area contributed by atoms with Crippen molar-refractivity contribution in [3.05, 3.63) is 64.5 Å². The zero-order valence-electron chi connectivity index (χ0n) is 20.9. The maximum atomic E-state index is 14.2. The van der Waals surface area contributed by atoms with Crippen LogP contribution in [0.4, 0.5) is 10.1 Å². The summed E-state index contributed by atoms with van der Waals surface area (Å²) in [7, 11) is 1.44. The number of hydroxylamine groups is 2. The normalized spacial score (nSPS) is 31.7. The van der Waals surface area contributed by atoms with E-state index in [4.69, 9.17) is 16.3 Å². The standard InChI is InChI=1S/C28H24ClFN2O7/c1-28-18(25(35)31(27(28)37)12-3-8-20(30)19(29)9-12)11-17-14(6-7-16-22(17)26(36)32(38)24(16)34)23(28)15-5-4-13(39-2)10-21(15)33/h3-6,8-10,16-18,22-23,33,38H,7,11H2,1-2H3. The molecule has 39 heavy (non-hydrogen) atoms. The van der Waals surface area contributed by atoms with Crippen molar-refractivity contribution in [2.45, 2.75) is 25.7 Å². The average molecular weight is 555 g/mol. The summed E-state index contributed by atoms with van der Waals surface area (Å²) in [5, 5.41) is 21.1. The molecule has 0 radical (unpaired) electrons. The summed E-state index contributed by atoms with van der Waals surface area (Å²) in [4.78, 5) is 54.8. The van der Waals surface area contributed by atoms with Gasteiger partial charge in [-0.2, -0.15) is 5.06 Å². The summed E-state index contributed by atoms with van der Waals surface area (Å²) in [6.07, 6.45) is 2.02. The highest BCUT2D eigenvalue weighted by Crippen LogP contribution is 2.64. The molecule has 0 aromatic heterocycles. The SMILES string of the molecule is COc1ccc(C2C3=CCC4C(=O)N(O)C(=O)C4C3CC3C(=O)N(c4ccc(F)c(Cl)c4)C(=O)C32C)c(O)c1. The number of hydrogen-bond acceptors (Lipinski definition) is 7. The maximum absolute atomic E-state index is 14.2. The molecule has 2 aliphatic heterocycles. The number of ether oxygens (including phenoxy) is 1. The lowest BCUT2D eigenvalue weighted by molar-refractivity contribution is -0.173. The molecule has 2 aliphatic carbocycles. The second-order valence-electron chi connectivity index (χ2n) is 10.7. The van der Waals surface area contributed by atoms with Crippen molar-refractivity contribution in [2.75, 3.05) is 12.0 Å². The van der Waals surface area contributed by atoms with Gasteiger partial charge in [-0.1, -0.05) is 29.3 Å². The molecular formula is C28H24ClFN2O7. The van der Waals surface area contributed by atoms with E-state index in [-0.39, 0.29) is 34.4 Å². The third-order valence-electron chi connectivity index (χ3n) is 8.96. The van der Waals surface area contributed by atoms with Crippen LogP contribution in [0, 0.1) is 34.9 Å². The first-order chi connectivity index (χ1) is 18.5. The number of carbonyl (C=O) groups is 4. The smallest absolute Gasteiger partial charge is 0.257 e. The van der Waals surface area contributed by atoms with Gasteiger partial charge in [0.1, 0.15) is 17.3 Å². The summed E-state index contributed by atoms with van der Waals surface area (Å²) in [6.45, 7) is 1.65. The summed E-state index contributed by atoms with van der Waals surface area (Å²) in [5.74, 6) is -7.18. The Bertz CT molecular complexity index is 1510. The van der Waals surface area contributed by atoms with Crippen LogP contribution in [0.2, 0.25) is 5.02 Å². The average Bonchev–Trinajstić information content (AvgIpc) is 3.25. The molecule has 4 aliphatic rings. The maximum Gasteiger partial charge on any atom is 0.257 e. The van der Waals surface area contributed by atoms with Crippen LogP contribution < -0.4 is 9.64 Å². The van der Waals surface area contributed by atoms with Crippen molar-refractivity contribution in [1.82, 2.24) is 5.06 Å². The van der Waals surface area contributed by atoms with Crippen molar-refractivity contribution in [3.8, 4) is 11.5 Å². The van der Waals surface area contributed by atoms with Gasteiger partial charge in [-0.25, -0.2) is 9.29 Å². The van der Waals surface area contributed by atoms with Gasteiger partial charge in [-0.3, -0.25) is 24.4 Å². The van der Waals surface area contributed by atoms with Crippen LogP contribution in [0.25, 0.3) is 0 Å². The molecule has 6 rings (SSSR count). The quantitative estimate of drug-likeness (QED) is 0.336. The molecule has 3 fully saturated rings. The number of phenolic OH excluding ortho intramolecular Hbond substituents is 1. The Morgan fingerprint density at radius 1 is 1.05 bits per heavy atom. The summed E-state index contributed by atoms with van der Waals surface area (Å²) in [5.41, 5.74) is -0.292. The second-order valence-corrected chi connectivity index (χ2v) is 11.1. The molecule has 4 amide bonds. The Kier molecular flexibility index (Phi) is 5.64. The summed E-state index contributed by atoms with van der Waals surface area (Å²) >= 11 is 5.98. The molecule has 2 N–H and O–H groups in total. The number of phenols is 1. The van der Waals surface area contributed by atoms with Crippen molar-refractivity contribution >= 4 is 40.9 Å². The van der Waals surface area contributed by atoms with Gasteiger partial charge < -0.3 is 9.84 Å². The molecule has 1 saturated carbocycles. The lowest BCUT2D eigenvalue weighted by atomic mass is 9.51. The van der Waals surface area contributed by atoms with E-state index in [1.165, 1.54) is 25.3 Å². The van der Waals surface area contributed by atoms with Crippen molar-refractivity contribution in [2.24, 2.45) is 29.1 Å². The number of carbonyl (C=O) groups excluding carboxylic acids is 4. The first kappa shape index (κ1) is 25.5. The number of nitrogens with zero attached hydrogens (tertiary/aromatic N) is 2. The lowest BCUT2D eigenvalue weighted by Crippen LogP contribution is -2.48. The number of benzene rings is 2. The fraction of sp³-hybridized carbons (Fsp3) is 0.357.